The molecule has 21 heavy (non-hydrogen) atoms. The molecule has 3 nitrogen and oxygen atoms in total. The molecule has 0 spiro atoms. The normalized spacial score (nSPS) is 16.0. The van der Waals surface area contributed by atoms with E-state index in [1.165, 1.54) is 11.1 Å². The van der Waals surface area contributed by atoms with E-state index in [1.807, 2.05) is 36.4 Å². The predicted octanol–water partition coefficient (Wildman–Crippen LogP) is 2.86. The lowest BCUT2D eigenvalue weighted by Gasteiger charge is -2.28. The summed E-state index contributed by atoms with van der Waals surface area (Å²) in [5, 5.41) is 3.03. The second-order valence-corrected chi connectivity index (χ2v) is 5.54. The minimum absolute atomic E-state index is 0.00565. The summed E-state index contributed by atoms with van der Waals surface area (Å²) in [7, 11) is 0. The molecule has 1 aliphatic rings. The van der Waals surface area contributed by atoms with Gasteiger partial charge in [-0.3, -0.25) is 4.79 Å². The zero-order valence-corrected chi connectivity index (χ0v) is 12.0. The second-order valence-electron chi connectivity index (χ2n) is 5.54. The van der Waals surface area contributed by atoms with E-state index >= 15 is 0 Å². The lowest BCUT2D eigenvalue weighted by molar-refractivity contribution is -0.118. The van der Waals surface area contributed by atoms with Crippen LogP contribution in [0.4, 0.5) is 5.69 Å². The Kier molecular flexibility index (Phi) is 4.02. The van der Waals surface area contributed by atoms with Gasteiger partial charge in [-0.25, -0.2) is 0 Å². The Balaban J connectivity index is 1.66. The van der Waals surface area contributed by atoms with E-state index in [1.54, 1.807) is 0 Å². The third-order valence-electron chi connectivity index (χ3n) is 4.04. The molecule has 0 fully saturated rings. The Bertz CT molecular complexity index is 651. The molecule has 3 heteroatoms. The first-order valence-corrected chi connectivity index (χ1v) is 7.45. The van der Waals surface area contributed by atoms with Crippen LogP contribution in [-0.4, -0.2) is 12.5 Å². The number of amides is 1. The van der Waals surface area contributed by atoms with Crippen molar-refractivity contribution in [3.8, 4) is 0 Å². The highest BCUT2D eigenvalue weighted by atomic mass is 16.1. The third kappa shape index (κ3) is 2.98. The van der Waals surface area contributed by atoms with Gasteiger partial charge in [0, 0.05) is 5.69 Å². The van der Waals surface area contributed by atoms with Crippen molar-refractivity contribution in [2.45, 2.75) is 25.2 Å². The van der Waals surface area contributed by atoms with E-state index in [0.29, 0.717) is 6.54 Å². The van der Waals surface area contributed by atoms with Gasteiger partial charge in [-0.2, -0.15) is 0 Å². The van der Waals surface area contributed by atoms with Crippen LogP contribution in [0.25, 0.3) is 0 Å². The van der Waals surface area contributed by atoms with Gasteiger partial charge in [-0.1, -0.05) is 36.4 Å². The summed E-state index contributed by atoms with van der Waals surface area (Å²) in [5.41, 5.74) is 10.1. The van der Waals surface area contributed by atoms with E-state index in [2.05, 4.69) is 17.4 Å². The minimum atomic E-state index is -0.00565. The fraction of sp³-hybridized carbons (Fsp3) is 0.278. The molecule has 1 unspecified atom stereocenters. The van der Waals surface area contributed by atoms with Gasteiger partial charge >= 0.3 is 0 Å². The molecule has 3 rings (SSSR count). The zero-order chi connectivity index (χ0) is 14.7. The molecule has 0 radical (unpaired) electrons. The lowest BCUT2D eigenvalue weighted by Crippen LogP contribution is -2.30. The topological polar surface area (TPSA) is 55.1 Å². The number of aryl methyl sites for hydroxylation is 1. The van der Waals surface area contributed by atoms with Crippen LogP contribution in [0.15, 0.2) is 48.5 Å². The van der Waals surface area contributed by atoms with Crippen LogP contribution in [0, 0.1) is 0 Å². The van der Waals surface area contributed by atoms with Gasteiger partial charge in [-0.05, 0) is 54.6 Å². The SMILES string of the molecule is NCCCc1cccc(NC(=O)C2Cc3ccccc32)c1. The van der Waals surface area contributed by atoms with Crippen molar-refractivity contribution in [1.29, 1.82) is 0 Å². The third-order valence-corrected chi connectivity index (χ3v) is 4.04. The van der Waals surface area contributed by atoms with E-state index in [0.717, 1.165) is 30.5 Å². The highest BCUT2D eigenvalue weighted by molar-refractivity contribution is 5.97. The molecule has 1 atom stereocenters. The standard InChI is InChI=1S/C18H20N2O/c19-10-4-6-13-5-3-8-15(11-13)20-18(21)17-12-14-7-1-2-9-16(14)17/h1-3,5,7-9,11,17H,4,6,10,12,19H2,(H,20,21). The number of nitrogens with one attached hydrogen (secondary N) is 1. The summed E-state index contributed by atoms with van der Waals surface area (Å²) in [4.78, 5) is 12.4. The second kappa shape index (κ2) is 6.10. The van der Waals surface area contributed by atoms with Crippen molar-refractivity contribution in [2.75, 3.05) is 11.9 Å². The molecule has 1 amide bonds. The number of hydrogen-bond acceptors (Lipinski definition) is 2. The molecule has 2 aromatic carbocycles. The molecule has 2 aromatic rings. The first kappa shape index (κ1) is 13.8. The molecule has 3 N–H and O–H groups in total. The monoisotopic (exact) mass is 280 g/mol. The molecular formula is C18H20N2O. The van der Waals surface area contributed by atoms with Gasteiger partial charge < -0.3 is 11.1 Å². The summed E-state index contributed by atoms with van der Waals surface area (Å²) in [6.07, 6.45) is 2.76. The van der Waals surface area contributed by atoms with Crippen LogP contribution in [-0.2, 0) is 17.6 Å². The number of fused-ring (bicyclic) bond motifs is 1. The van der Waals surface area contributed by atoms with E-state index < -0.39 is 0 Å². The van der Waals surface area contributed by atoms with Crippen LogP contribution in [0.3, 0.4) is 0 Å². The van der Waals surface area contributed by atoms with Gasteiger partial charge in [0.25, 0.3) is 0 Å². The van der Waals surface area contributed by atoms with Crippen molar-refractivity contribution in [3.63, 3.8) is 0 Å². The fourth-order valence-electron chi connectivity index (χ4n) is 2.83. The number of anilines is 1. The summed E-state index contributed by atoms with van der Waals surface area (Å²) < 4.78 is 0. The number of hydrogen-bond donors (Lipinski definition) is 2. The lowest BCUT2D eigenvalue weighted by atomic mass is 9.77. The highest BCUT2D eigenvalue weighted by Crippen LogP contribution is 2.35. The maximum atomic E-state index is 12.4. The average Bonchev–Trinajstić information content (AvgIpc) is 2.47. The summed E-state index contributed by atoms with van der Waals surface area (Å²) >= 11 is 0. The summed E-state index contributed by atoms with van der Waals surface area (Å²) in [6, 6.07) is 16.2. The molecule has 0 aromatic heterocycles. The Morgan fingerprint density at radius 2 is 2.05 bits per heavy atom. The molecular weight excluding hydrogens is 260 g/mol. The van der Waals surface area contributed by atoms with Crippen molar-refractivity contribution >= 4 is 11.6 Å². The van der Waals surface area contributed by atoms with Crippen LogP contribution < -0.4 is 11.1 Å². The van der Waals surface area contributed by atoms with Gasteiger partial charge in [-0.15, -0.1) is 0 Å². The van der Waals surface area contributed by atoms with Gasteiger partial charge in [0.15, 0.2) is 0 Å². The molecule has 0 bridgehead atoms. The predicted molar refractivity (Wildman–Crippen MR) is 85.3 cm³/mol. The van der Waals surface area contributed by atoms with Crippen molar-refractivity contribution < 1.29 is 4.79 Å². The van der Waals surface area contributed by atoms with E-state index in [-0.39, 0.29) is 11.8 Å². The summed E-state index contributed by atoms with van der Waals surface area (Å²) in [6.45, 7) is 0.690. The maximum Gasteiger partial charge on any atom is 0.232 e. The molecule has 0 heterocycles. The minimum Gasteiger partial charge on any atom is -0.330 e. The average molecular weight is 280 g/mol. The number of nitrogens with two attached hydrogens (primary N) is 1. The molecule has 0 aliphatic heterocycles. The van der Waals surface area contributed by atoms with Crippen molar-refractivity contribution in [1.82, 2.24) is 0 Å². The van der Waals surface area contributed by atoms with Crippen molar-refractivity contribution in [2.24, 2.45) is 5.73 Å². The fourth-order valence-corrected chi connectivity index (χ4v) is 2.83. The van der Waals surface area contributed by atoms with Gasteiger partial charge in [0.05, 0.1) is 5.92 Å². The van der Waals surface area contributed by atoms with Crippen LogP contribution >= 0.6 is 0 Å². The quantitative estimate of drug-likeness (QED) is 0.885. The summed E-state index contributed by atoms with van der Waals surface area (Å²) in [5.74, 6) is 0.0820. The molecule has 0 saturated heterocycles. The molecule has 0 saturated carbocycles. The molecule has 108 valence electrons. The first-order valence-electron chi connectivity index (χ1n) is 7.45. The van der Waals surface area contributed by atoms with E-state index in [9.17, 15) is 4.79 Å². The Labute approximate surface area is 125 Å². The number of carbonyl (C=O) groups is 1. The molecule has 1 aliphatic carbocycles. The number of benzene rings is 2. The van der Waals surface area contributed by atoms with Crippen LogP contribution in [0.2, 0.25) is 0 Å². The Morgan fingerprint density at radius 3 is 2.86 bits per heavy atom. The van der Waals surface area contributed by atoms with Crippen LogP contribution in [0.5, 0.6) is 0 Å². The number of rotatable bonds is 5. The van der Waals surface area contributed by atoms with Gasteiger partial charge in [0.2, 0.25) is 5.91 Å². The Morgan fingerprint density at radius 1 is 1.19 bits per heavy atom. The van der Waals surface area contributed by atoms with Crippen LogP contribution in [0.1, 0.15) is 29.0 Å². The van der Waals surface area contributed by atoms with Crippen molar-refractivity contribution in [3.05, 3.63) is 65.2 Å². The largest absolute Gasteiger partial charge is 0.330 e. The maximum absolute atomic E-state index is 12.4. The van der Waals surface area contributed by atoms with Gasteiger partial charge in [0.1, 0.15) is 0 Å². The Hall–Kier alpha value is -2.13. The number of carbonyl (C=O) groups excluding carboxylic acids is 1. The van der Waals surface area contributed by atoms with E-state index in [4.69, 9.17) is 5.73 Å². The smallest absolute Gasteiger partial charge is 0.232 e. The zero-order valence-electron chi connectivity index (χ0n) is 12.0. The first-order chi connectivity index (χ1) is 10.3. The highest BCUT2D eigenvalue weighted by Gasteiger charge is 2.31.